The molecular formula is C15H23F7O4S. The van der Waals surface area contributed by atoms with Gasteiger partial charge in [0.05, 0.1) is 11.2 Å². The first-order valence-electron chi connectivity index (χ1n) is 7.88. The van der Waals surface area contributed by atoms with Gasteiger partial charge in [0.1, 0.15) is 12.2 Å². The standard InChI is InChI=1S/C13H17F7O4S.C2H6/c1-9(2)5-8(6-10(3,4)24-9)23-25(21,22)12(16,17)7-11(14,15)13(18,19)20;1-2/h5H,6-7H2,1-4H3;1-2H3. The summed E-state index contributed by atoms with van der Waals surface area (Å²) in [5, 5.41) is -5.46. The topological polar surface area (TPSA) is 52.6 Å². The fourth-order valence-electron chi connectivity index (χ4n) is 2.34. The Bertz CT molecular complexity index is 650. The molecule has 0 fully saturated rings. The summed E-state index contributed by atoms with van der Waals surface area (Å²) in [4.78, 5) is 0. The Balaban J connectivity index is 0.00000326. The molecule has 1 aliphatic heterocycles. The maximum Gasteiger partial charge on any atom is 0.453 e. The quantitative estimate of drug-likeness (QED) is 0.431. The van der Waals surface area contributed by atoms with Gasteiger partial charge in [-0.05, 0) is 33.8 Å². The Morgan fingerprint density at radius 1 is 1.04 bits per heavy atom. The van der Waals surface area contributed by atoms with Crippen LogP contribution < -0.4 is 0 Å². The normalized spacial score (nSPS) is 20.3. The van der Waals surface area contributed by atoms with Crippen LogP contribution in [-0.2, 0) is 19.0 Å². The SMILES string of the molecule is CC.CC1(C)C=C(OS(=O)(=O)C(F)(F)CC(F)(F)C(F)(F)F)CC(C)(C)O1. The van der Waals surface area contributed by atoms with Crippen molar-refractivity contribution in [3.05, 3.63) is 11.8 Å². The molecule has 27 heavy (non-hydrogen) atoms. The highest BCUT2D eigenvalue weighted by atomic mass is 32.2. The van der Waals surface area contributed by atoms with Crippen molar-refractivity contribution in [2.24, 2.45) is 0 Å². The first kappa shape index (κ1) is 26.0. The summed E-state index contributed by atoms with van der Waals surface area (Å²) in [6.45, 7) is 9.90. The Hall–Kier alpha value is -1.04. The lowest BCUT2D eigenvalue weighted by molar-refractivity contribution is -0.294. The zero-order chi connectivity index (χ0) is 22.1. The van der Waals surface area contributed by atoms with Crippen LogP contribution in [0.3, 0.4) is 0 Å². The van der Waals surface area contributed by atoms with Crippen molar-refractivity contribution in [2.45, 2.75) is 82.9 Å². The van der Waals surface area contributed by atoms with Gasteiger partial charge < -0.3 is 8.92 Å². The van der Waals surface area contributed by atoms with E-state index in [-0.39, 0.29) is 6.42 Å². The lowest BCUT2D eigenvalue weighted by atomic mass is 9.94. The first-order chi connectivity index (χ1) is 11.7. The molecule has 0 aliphatic carbocycles. The second kappa shape index (κ2) is 7.76. The van der Waals surface area contributed by atoms with Crippen LogP contribution in [-0.4, -0.2) is 37.0 Å². The Morgan fingerprint density at radius 2 is 1.48 bits per heavy atom. The largest absolute Gasteiger partial charge is 0.453 e. The van der Waals surface area contributed by atoms with E-state index in [2.05, 4.69) is 4.18 Å². The van der Waals surface area contributed by atoms with Crippen LogP contribution in [0.1, 0.15) is 54.4 Å². The maximum atomic E-state index is 13.6. The zero-order valence-electron chi connectivity index (χ0n) is 15.7. The van der Waals surface area contributed by atoms with E-state index in [1.165, 1.54) is 27.7 Å². The van der Waals surface area contributed by atoms with Crippen LogP contribution in [0, 0.1) is 0 Å². The fourth-order valence-corrected chi connectivity index (χ4v) is 3.21. The molecule has 0 aromatic rings. The van der Waals surface area contributed by atoms with Crippen LogP contribution in [0.25, 0.3) is 0 Å². The van der Waals surface area contributed by atoms with Crippen molar-refractivity contribution in [2.75, 3.05) is 0 Å². The second-order valence-corrected chi connectivity index (χ2v) is 8.48. The molecule has 12 heteroatoms. The monoisotopic (exact) mass is 432 g/mol. The van der Waals surface area contributed by atoms with Crippen molar-refractivity contribution in [3.63, 3.8) is 0 Å². The molecule has 1 aliphatic rings. The molecule has 1 heterocycles. The summed E-state index contributed by atoms with van der Waals surface area (Å²) in [5.41, 5.74) is -2.16. The molecule has 1 rings (SSSR count). The van der Waals surface area contributed by atoms with Gasteiger partial charge in [-0.2, -0.15) is 39.2 Å². The minimum atomic E-state index is -6.33. The number of rotatable bonds is 5. The third kappa shape index (κ3) is 6.81. The molecule has 0 aromatic carbocycles. The molecule has 0 N–H and O–H groups in total. The lowest BCUT2D eigenvalue weighted by Gasteiger charge is -2.39. The van der Waals surface area contributed by atoms with Gasteiger partial charge in [-0.15, -0.1) is 0 Å². The zero-order valence-corrected chi connectivity index (χ0v) is 16.5. The van der Waals surface area contributed by atoms with Crippen LogP contribution >= 0.6 is 0 Å². The van der Waals surface area contributed by atoms with E-state index in [1.807, 2.05) is 13.8 Å². The molecule has 4 nitrogen and oxygen atoms in total. The number of hydrogen-bond acceptors (Lipinski definition) is 4. The highest BCUT2D eigenvalue weighted by molar-refractivity contribution is 7.87. The molecule has 0 bridgehead atoms. The van der Waals surface area contributed by atoms with E-state index >= 15 is 0 Å². The second-order valence-electron chi connectivity index (χ2n) is 6.81. The Morgan fingerprint density at radius 3 is 1.85 bits per heavy atom. The van der Waals surface area contributed by atoms with Crippen LogP contribution in [0.15, 0.2) is 11.8 Å². The van der Waals surface area contributed by atoms with Crippen molar-refractivity contribution in [1.82, 2.24) is 0 Å². The minimum Gasteiger partial charge on any atom is -0.383 e. The molecule has 0 radical (unpaired) electrons. The van der Waals surface area contributed by atoms with Gasteiger partial charge in [0, 0.05) is 6.42 Å². The van der Waals surface area contributed by atoms with Gasteiger partial charge in [0.2, 0.25) is 0 Å². The molecule has 0 aromatic heterocycles. The van der Waals surface area contributed by atoms with E-state index in [0.717, 1.165) is 6.08 Å². The van der Waals surface area contributed by atoms with E-state index in [1.54, 1.807) is 0 Å². The minimum absolute atomic E-state index is 0.304. The van der Waals surface area contributed by atoms with Gasteiger partial charge in [-0.1, -0.05) is 13.8 Å². The smallest absolute Gasteiger partial charge is 0.383 e. The molecule has 0 saturated carbocycles. The van der Waals surface area contributed by atoms with Crippen LogP contribution in [0.4, 0.5) is 30.7 Å². The van der Waals surface area contributed by atoms with E-state index < -0.39 is 50.9 Å². The van der Waals surface area contributed by atoms with Gasteiger partial charge in [-0.25, -0.2) is 0 Å². The van der Waals surface area contributed by atoms with Crippen LogP contribution in [0.5, 0.6) is 0 Å². The number of halogens is 7. The summed E-state index contributed by atoms with van der Waals surface area (Å²) in [6.07, 6.45) is -8.87. The molecule has 0 atom stereocenters. The Labute approximate surface area is 153 Å². The van der Waals surface area contributed by atoms with Crippen molar-refractivity contribution >= 4 is 10.1 Å². The lowest BCUT2D eigenvalue weighted by Crippen LogP contribution is -2.46. The number of hydrogen-bond donors (Lipinski definition) is 0. The molecule has 0 unspecified atom stereocenters. The summed E-state index contributed by atoms with van der Waals surface area (Å²) in [7, 11) is -6.09. The predicted molar refractivity (Wildman–Crippen MR) is 83.9 cm³/mol. The molecule has 0 saturated heterocycles. The van der Waals surface area contributed by atoms with E-state index in [9.17, 15) is 39.2 Å². The fraction of sp³-hybridized carbons (Fsp3) is 0.867. The summed E-state index contributed by atoms with van der Waals surface area (Å²) in [6, 6.07) is 0. The summed E-state index contributed by atoms with van der Waals surface area (Å²) in [5.74, 6) is -6.44. The average molecular weight is 432 g/mol. The number of ether oxygens (including phenoxy) is 1. The van der Waals surface area contributed by atoms with Gasteiger partial charge >= 0.3 is 27.5 Å². The third-order valence-corrected chi connectivity index (χ3v) is 4.38. The highest BCUT2D eigenvalue weighted by Crippen LogP contribution is 2.45. The number of alkyl halides is 7. The van der Waals surface area contributed by atoms with Crippen molar-refractivity contribution in [1.29, 1.82) is 0 Å². The summed E-state index contributed by atoms with van der Waals surface area (Å²) < 4.78 is 122. The predicted octanol–water partition coefficient (Wildman–Crippen LogP) is 5.40. The highest BCUT2D eigenvalue weighted by Gasteiger charge is 2.66. The molecule has 0 spiro atoms. The third-order valence-electron chi connectivity index (χ3n) is 3.07. The summed E-state index contributed by atoms with van der Waals surface area (Å²) >= 11 is 0. The van der Waals surface area contributed by atoms with Crippen molar-refractivity contribution in [3.8, 4) is 0 Å². The Kier molecular flexibility index (Phi) is 7.47. The molecule has 0 amide bonds. The molecular weight excluding hydrogens is 409 g/mol. The van der Waals surface area contributed by atoms with Gasteiger partial charge in [-0.3, -0.25) is 0 Å². The van der Waals surface area contributed by atoms with Gasteiger partial charge in [0.15, 0.2) is 0 Å². The van der Waals surface area contributed by atoms with Crippen LogP contribution in [0.2, 0.25) is 0 Å². The van der Waals surface area contributed by atoms with Crippen molar-refractivity contribution < 1.29 is 48.1 Å². The molecule has 162 valence electrons. The van der Waals surface area contributed by atoms with E-state index in [0.29, 0.717) is 0 Å². The maximum absolute atomic E-state index is 13.6. The average Bonchev–Trinajstić information content (AvgIpc) is 2.33. The van der Waals surface area contributed by atoms with E-state index in [4.69, 9.17) is 4.74 Å². The first-order valence-corrected chi connectivity index (χ1v) is 9.29. The van der Waals surface area contributed by atoms with Gasteiger partial charge in [0.25, 0.3) is 0 Å².